The van der Waals surface area contributed by atoms with Crippen LogP contribution in [0.3, 0.4) is 0 Å². The number of carbonyl (C=O) groups is 1. The number of nitrogens with one attached hydrogen (secondary N) is 1. The normalized spacial score (nSPS) is 19.9. The number of pyridine rings is 1. The van der Waals surface area contributed by atoms with Gasteiger partial charge in [0.25, 0.3) is 0 Å². The second kappa shape index (κ2) is 9.29. The number of carboxylic acid groups (broad SMARTS) is 1. The Bertz CT molecular complexity index is 1330. The van der Waals surface area contributed by atoms with E-state index in [9.17, 15) is 14.3 Å². The van der Waals surface area contributed by atoms with Crippen molar-refractivity contribution in [2.75, 3.05) is 0 Å². The lowest BCUT2D eigenvalue weighted by molar-refractivity contribution is -0.150. The second-order valence-corrected chi connectivity index (χ2v) is 9.15. The van der Waals surface area contributed by atoms with E-state index in [1.807, 2.05) is 42.5 Å². The number of aromatic amines is 1. The van der Waals surface area contributed by atoms with Gasteiger partial charge in [-0.25, -0.2) is 9.37 Å². The highest BCUT2D eigenvalue weighted by molar-refractivity contribution is 5.74. The van der Waals surface area contributed by atoms with Crippen molar-refractivity contribution in [3.8, 4) is 39.8 Å². The molecule has 0 bridgehead atoms. The summed E-state index contributed by atoms with van der Waals surface area (Å²) < 4.78 is 20.9. The number of aromatic nitrogens is 4. The fourth-order valence-electron chi connectivity index (χ4n) is 4.35. The molecule has 2 N–H and O–H groups in total. The first-order chi connectivity index (χ1) is 16.9. The zero-order chi connectivity index (χ0) is 24.4. The van der Waals surface area contributed by atoms with E-state index in [1.54, 1.807) is 25.3 Å². The van der Waals surface area contributed by atoms with Gasteiger partial charge in [0.15, 0.2) is 11.6 Å². The van der Waals surface area contributed by atoms with Crippen molar-refractivity contribution in [3.63, 3.8) is 0 Å². The standard InChI is InChI=1S/C27H25FN4O3/c1-27(26(33)34)13-11-20(12-14-27)35-23-10-8-19(16-29-23)18-7-9-21(22(28)15-18)25-30-24(31-32-25)17-5-3-2-4-6-17/h2-10,15-16,20H,11-14H2,1H3,(H,33,34)(H,30,31,32)/t20-,27-. The molecule has 7 nitrogen and oxygen atoms in total. The fraction of sp³-hybridized carbons (Fsp3) is 0.259. The van der Waals surface area contributed by atoms with Gasteiger partial charge in [0, 0.05) is 23.4 Å². The molecule has 2 aromatic heterocycles. The monoisotopic (exact) mass is 472 g/mol. The fourth-order valence-corrected chi connectivity index (χ4v) is 4.35. The smallest absolute Gasteiger partial charge is 0.309 e. The van der Waals surface area contributed by atoms with E-state index in [2.05, 4.69) is 20.2 Å². The highest BCUT2D eigenvalue weighted by Gasteiger charge is 2.38. The number of nitrogens with zero attached hydrogens (tertiary/aromatic N) is 3. The van der Waals surface area contributed by atoms with Crippen LogP contribution in [0.5, 0.6) is 5.88 Å². The van der Waals surface area contributed by atoms with Crippen LogP contribution in [0.2, 0.25) is 0 Å². The summed E-state index contributed by atoms with van der Waals surface area (Å²) in [6.45, 7) is 1.79. The minimum absolute atomic E-state index is 0.0554. The van der Waals surface area contributed by atoms with Crippen LogP contribution in [-0.4, -0.2) is 37.3 Å². The number of carboxylic acids is 1. The molecule has 0 unspecified atom stereocenters. The molecular weight excluding hydrogens is 447 g/mol. The van der Waals surface area contributed by atoms with E-state index >= 15 is 0 Å². The predicted octanol–water partition coefficient (Wildman–Crippen LogP) is 5.75. The van der Waals surface area contributed by atoms with Crippen molar-refractivity contribution in [3.05, 3.63) is 72.7 Å². The van der Waals surface area contributed by atoms with E-state index in [0.717, 1.165) is 11.1 Å². The van der Waals surface area contributed by atoms with E-state index in [-0.39, 0.29) is 6.10 Å². The molecule has 4 aromatic rings. The van der Waals surface area contributed by atoms with E-state index in [4.69, 9.17) is 4.74 Å². The summed E-state index contributed by atoms with van der Waals surface area (Å²) in [5.41, 5.74) is 1.97. The van der Waals surface area contributed by atoms with E-state index < -0.39 is 17.2 Å². The first-order valence-corrected chi connectivity index (χ1v) is 11.6. The van der Waals surface area contributed by atoms with Gasteiger partial charge in [0.05, 0.1) is 11.0 Å². The molecule has 1 saturated carbocycles. The van der Waals surface area contributed by atoms with Gasteiger partial charge < -0.3 is 14.8 Å². The van der Waals surface area contributed by atoms with Gasteiger partial charge in [-0.1, -0.05) is 36.4 Å². The Balaban J connectivity index is 1.26. The van der Waals surface area contributed by atoms with Crippen molar-refractivity contribution in [1.82, 2.24) is 20.2 Å². The summed E-state index contributed by atoms with van der Waals surface area (Å²) in [7, 11) is 0. The maximum atomic E-state index is 15.0. The lowest BCUT2D eigenvalue weighted by Crippen LogP contribution is -2.36. The minimum Gasteiger partial charge on any atom is -0.481 e. The molecule has 8 heteroatoms. The summed E-state index contributed by atoms with van der Waals surface area (Å²) in [4.78, 5) is 18.9. The zero-order valence-electron chi connectivity index (χ0n) is 19.2. The average molecular weight is 473 g/mol. The van der Waals surface area contributed by atoms with Gasteiger partial charge >= 0.3 is 5.97 Å². The summed E-state index contributed by atoms with van der Waals surface area (Å²) in [6.07, 6.45) is 4.10. The summed E-state index contributed by atoms with van der Waals surface area (Å²) >= 11 is 0. The molecule has 0 saturated heterocycles. The van der Waals surface area contributed by atoms with Crippen LogP contribution in [0.4, 0.5) is 4.39 Å². The molecule has 0 radical (unpaired) electrons. The largest absolute Gasteiger partial charge is 0.481 e. The molecule has 5 rings (SSSR count). The van der Waals surface area contributed by atoms with E-state index in [1.165, 1.54) is 6.07 Å². The van der Waals surface area contributed by atoms with Crippen LogP contribution in [-0.2, 0) is 4.79 Å². The van der Waals surface area contributed by atoms with Gasteiger partial charge in [-0.2, -0.15) is 0 Å². The minimum atomic E-state index is -0.753. The van der Waals surface area contributed by atoms with Gasteiger partial charge in [0.2, 0.25) is 5.88 Å². The summed E-state index contributed by atoms with van der Waals surface area (Å²) in [6, 6.07) is 18.1. The zero-order valence-corrected chi connectivity index (χ0v) is 19.2. The molecular formula is C27H25FN4O3. The van der Waals surface area contributed by atoms with Gasteiger partial charge in [-0.15, -0.1) is 10.2 Å². The van der Waals surface area contributed by atoms with Crippen LogP contribution in [0, 0.1) is 11.2 Å². The van der Waals surface area contributed by atoms with E-state index in [0.29, 0.717) is 54.3 Å². The number of aliphatic carboxylic acids is 1. The number of hydrogen-bond acceptors (Lipinski definition) is 5. The third-order valence-electron chi connectivity index (χ3n) is 6.67. The summed E-state index contributed by atoms with van der Waals surface area (Å²) in [5, 5.41) is 17.6. The molecule has 0 atom stereocenters. The average Bonchev–Trinajstić information content (AvgIpc) is 3.36. The van der Waals surface area contributed by atoms with Crippen LogP contribution in [0.15, 0.2) is 66.9 Å². The van der Waals surface area contributed by atoms with Crippen molar-refractivity contribution in [2.24, 2.45) is 5.41 Å². The second-order valence-electron chi connectivity index (χ2n) is 9.15. The first kappa shape index (κ1) is 22.7. The molecule has 0 aliphatic heterocycles. The summed E-state index contributed by atoms with van der Waals surface area (Å²) in [5.74, 6) is 0.249. The number of H-pyrrole nitrogens is 1. The Morgan fingerprint density at radius 1 is 1.00 bits per heavy atom. The first-order valence-electron chi connectivity index (χ1n) is 11.6. The van der Waals surface area contributed by atoms with Crippen LogP contribution < -0.4 is 4.74 Å². The molecule has 35 heavy (non-hydrogen) atoms. The van der Waals surface area contributed by atoms with Crippen LogP contribution in [0.25, 0.3) is 33.9 Å². The lowest BCUT2D eigenvalue weighted by Gasteiger charge is -2.33. The van der Waals surface area contributed by atoms with Crippen LogP contribution in [0.1, 0.15) is 32.6 Å². The Hall–Kier alpha value is -4.07. The highest BCUT2D eigenvalue weighted by atomic mass is 19.1. The molecule has 1 fully saturated rings. The number of benzene rings is 2. The predicted molar refractivity (Wildman–Crippen MR) is 129 cm³/mol. The maximum Gasteiger partial charge on any atom is 0.309 e. The molecule has 2 heterocycles. The highest BCUT2D eigenvalue weighted by Crippen LogP contribution is 2.37. The van der Waals surface area contributed by atoms with Crippen molar-refractivity contribution in [2.45, 2.75) is 38.7 Å². The van der Waals surface area contributed by atoms with Crippen molar-refractivity contribution in [1.29, 1.82) is 0 Å². The molecule has 1 aliphatic rings. The van der Waals surface area contributed by atoms with Gasteiger partial charge in [-0.3, -0.25) is 4.79 Å². The number of rotatable bonds is 6. The number of ether oxygens (including phenoxy) is 1. The van der Waals surface area contributed by atoms with Gasteiger partial charge in [0.1, 0.15) is 11.9 Å². The molecule has 0 spiro atoms. The quantitative estimate of drug-likeness (QED) is 0.370. The Labute approximate surface area is 202 Å². The number of hydrogen-bond donors (Lipinski definition) is 2. The third-order valence-corrected chi connectivity index (χ3v) is 6.67. The topological polar surface area (TPSA) is 101 Å². The molecule has 1 aliphatic carbocycles. The van der Waals surface area contributed by atoms with Crippen molar-refractivity contribution >= 4 is 5.97 Å². The lowest BCUT2D eigenvalue weighted by atomic mass is 9.75. The maximum absolute atomic E-state index is 15.0. The third kappa shape index (κ3) is 4.77. The van der Waals surface area contributed by atoms with Gasteiger partial charge in [-0.05, 0) is 56.4 Å². The Kier molecular flexibility index (Phi) is 6.03. The molecule has 178 valence electrons. The molecule has 0 amide bonds. The van der Waals surface area contributed by atoms with Crippen LogP contribution >= 0.6 is 0 Å². The Morgan fingerprint density at radius 2 is 1.71 bits per heavy atom. The Morgan fingerprint density at radius 3 is 2.37 bits per heavy atom. The SMILES string of the molecule is C[C@]1(C(=O)O)CC[C@H](Oc2ccc(-c3ccc(-c4nnc(-c5ccccc5)[nH]4)c(F)c3)cn2)CC1. The van der Waals surface area contributed by atoms with Crippen molar-refractivity contribution < 1.29 is 19.0 Å². The molecule has 2 aromatic carbocycles. The number of halogens is 1.